The Morgan fingerprint density at radius 2 is 2.15 bits per heavy atom. The summed E-state index contributed by atoms with van der Waals surface area (Å²) < 4.78 is 0. The highest BCUT2D eigenvalue weighted by Crippen LogP contribution is 2.45. The third kappa shape index (κ3) is 1.75. The van der Waals surface area contributed by atoms with Crippen molar-refractivity contribution < 1.29 is 0 Å². The Labute approximate surface area is 81.5 Å². The normalized spacial score (nSPS) is 33.2. The molecule has 0 aromatic rings. The second kappa shape index (κ2) is 3.58. The van der Waals surface area contributed by atoms with Gasteiger partial charge in [0, 0.05) is 6.04 Å². The monoisotopic (exact) mass is 182 g/mol. The van der Waals surface area contributed by atoms with Gasteiger partial charge in [0.25, 0.3) is 0 Å². The molecule has 1 unspecified atom stereocenters. The van der Waals surface area contributed by atoms with Crippen molar-refractivity contribution >= 4 is 0 Å². The molecule has 13 heavy (non-hydrogen) atoms. The molecule has 2 nitrogen and oxygen atoms in total. The molecule has 2 heteroatoms. The molecule has 2 fully saturated rings. The van der Waals surface area contributed by atoms with Gasteiger partial charge in [-0.3, -0.25) is 0 Å². The molecule has 1 saturated heterocycles. The SMILES string of the molecule is CN1CCCC1CC1(CN)CCC1. The second-order valence-corrected chi connectivity index (χ2v) is 5.04. The molecule has 0 aromatic carbocycles. The third-order valence-electron chi connectivity index (χ3n) is 4.19. The Kier molecular flexibility index (Phi) is 2.61. The predicted molar refractivity (Wildman–Crippen MR) is 55.6 cm³/mol. The van der Waals surface area contributed by atoms with Crippen LogP contribution in [-0.4, -0.2) is 31.1 Å². The first-order chi connectivity index (χ1) is 6.26. The lowest BCUT2D eigenvalue weighted by Crippen LogP contribution is -2.42. The molecule has 2 N–H and O–H groups in total. The fourth-order valence-corrected chi connectivity index (χ4v) is 2.91. The summed E-state index contributed by atoms with van der Waals surface area (Å²) in [5.74, 6) is 0. The Bertz CT molecular complexity index is 169. The fraction of sp³-hybridized carbons (Fsp3) is 1.00. The summed E-state index contributed by atoms with van der Waals surface area (Å²) in [5.41, 5.74) is 6.42. The zero-order chi connectivity index (χ0) is 9.31. The van der Waals surface area contributed by atoms with Gasteiger partial charge in [0.1, 0.15) is 0 Å². The average Bonchev–Trinajstić information content (AvgIpc) is 2.44. The molecule has 1 aliphatic carbocycles. The van der Waals surface area contributed by atoms with E-state index in [2.05, 4.69) is 11.9 Å². The topological polar surface area (TPSA) is 29.3 Å². The molecule has 0 bridgehead atoms. The van der Waals surface area contributed by atoms with Crippen LogP contribution in [0.3, 0.4) is 0 Å². The van der Waals surface area contributed by atoms with Crippen LogP contribution in [0.5, 0.6) is 0 Å². The minimum absolute atomic E-state index is 0.545. The highest BCUT2D eigenvalue weighted by atomic mass is 15.1. The number of nitrogens with two attached hydrogens (primary N) is 1. The van der Waals surface area contributed by atoms with Crippen molar-refractivity contribution in [3.63, 3.8) is 0 Å². The standard InChI is InChI=1S/C11H22N2/c1-13-7-2-4-10(13)8-11(9-12)5-3-6-11/h10H,2-9,12H2,1H3. The van der Waals surface area contributed by atoms with Gasteiger partial charge in [0.05, 0.1) is 0 Å². The summed E-state index contributed by atoms with van der Waals surface area (Å²) in [6.45, 7) is 2.21. The number of rotatable bonds is 3. The van der Waals surface area contributed by atoms with Gasteiger partial charge in [0.15, 0.2) is 0 Å². The second-order valence-electron chi connectivity index (χ2n) is 5.04. The number of likely N-dealkylation sites (tertiary alicyclic amines) is 1. The van der Waals surface area contributed by atoms with Crippen LogP contribution in [0.1, 0.15) is 38.5 Å². The average molecular weight is 182 g/mol. The molecule has 0 radical (unpaired) electrons. The van der Waals surface area contributed by atoms with Crippen LogP contribution in [0.2, 0.25) is 0 Å². The molecule has 0 amide bonds. The van der Waals surface area contributed by atoms with E-state index in [9.17, 15) is 0 Å². The molecule has 1 aliphatic heterocycles. The Hall–Kier alpha value is -0.0800. The zero-order valence-electron chi connectivity index (χ0n) is 8.76. The Morgan fingerprint density at radius 1 is 1.38 bits per heavy atom. The summed E-state index contributed by atoms with van der Waals surface area (Å²) in [4.78, 5) is 2.52. The maximum absolute atomic E-state index is 5.87. The lowest BCUT2D eigenvalue weighted by Gasteiger charge is -2.43. The lowest BCUT2D eigenvalue weighted by atomic mass is 9.65. The highest BCUT2D eigenvalue weighted by molar-refractivity contribution is 4.93. The van der Waals surface area contributed by atoms with Gasteiger partial charge in [0.2, 0.25) is 0 Å². The van der Waals surface area contributed by atoms with Gasteiger partial charge < -0.3 is 10.6 Å². The molecule has 1 saturated carbocycles. The fourth-order valence-electron chi connectivity index (χ4n) is 2.91. The van der Waals surface area contributed by atoms with Gasteiger partial charge in [-0.15, -0.1) is 0 Å². The summed E-state index contributed by atoms with van der Waals surface area (Å²) in [7, 11) is 2.26. The van der Waals surface area contributed by atoms with E-state index in [4.69, 9.17) is 5.73 Å². The minimum atomic E-state index is 0.545. The van der Waals surface area contributed by atoms with E-state index >= 15 is 0 Å². The Morgan fingerprint density at radius 3 is 2.54 bits per heavy atom. The summed E-state index contributed by atoms with van der Waals surface area (Å²) in [5, 5.41) is 0. The van der Waals surface area contributed by atoms with E-state index in [-0.39, 0.29) is 0 Å². The summed E-state index contributed by atoms with van der Waals surface area (Å²) >= 11 is 0. The van der Waals surface area contributed by atoms with Crippen molar-refractivity contribution in [3.8, 4) is 0 Å². The van der Waals surface area contributed by atoms with Crippen LogP contribution >= 0.6 is 0 Å². The van der Waals surface area contributed by atoms with Gasteiger partial charge in [-0.1, -0.05) is 6.42 Å². The molecule has 0 aromatic heterocycles. The predicted octanol–water partition coefficient (Wildman–Crippen LogP) is 1.60. The van der Waals surface area contributed by atoms with Crippen molar-refractivity contribution in [2.75, 3.05) is 20.1 Å². The minimum Gasteiger partial charge on any atom is -0.330 e. The molecule has 2 rings (SSSR count). The zero-order valence-corrected chi connectivity index (χ0v) is 8.76. The lowest BCUT2D eigenvalue weighted by molar-refractivity contribution is 0.0914. The molecule has 1 heterocycles. The number of nitrogens with zero attached hydrogens (tertiary/aromatic N) is 1. The van der Waals surface area contributed by atoms with Crippen LogP contribution in [0.4, 0.5) is 0 Å². The van der Waals surface area contributed by atoms with Gasteiger partial charge in [-0.2, -0.15) is 0 Å². The number of hydrogen-bond acceptors (Lipinski definition) is 2. The van der Waals surface area contributed by atoms with Crippen LogP contribution < -0.4 is 5.73 Å². The highest BCUT2D eigenvalue weighted by Gasteiger charge is 2.39. The van der Waals surface area contributed by atoms with E-state index in [0.29, 0.717) is 5.41 Å². The van der Waals surface area contributed by atoms with Crippen molar-refractivity contribution in [3.05, 3.63) is 0 Å². The Balaban J connectivity index is 1.88. The molecule has 76 valence electrons. The maximum Gasteiger partial charge on any atom is 0.00984 e. The van der Waals surface area contributed by atoms with Crippen LogP contribution in [0.15, 0.2) is 0 Å². The van der Waals surface area contributed by atoms with Gasteiger partial charge in [-0.05, 0) is 57.7 Å². The van der Waals surface area contributed by atoms with Crippen molar-refractivity contribution in [2.45, 2.75) is 44.6 Å². The first-order valence-electron chi connectivity index (χ1n) is 5.66. The van der Waals surface area contributed by atoms with Gasteiger partial charge in [-0.25, -0.2) is 0 Å². The molecular weight excluding hydrogens is 160 g/mol. The van der Waals surface area contributed by atoms with Crippen molar-refractivity contribution in [1.82, 2.24) is 4.90 Å². The molecule has 2 aliphatic rings. The van der Waals surface area contributed by atoms with Crippen LogP contribution in [0.25, 0.3) is 0 Å². The molecular formula is C11H22N2. The summed E-state index contributed by atoms with van der Waals surface area (Å²) in [6.07, 6.45) is 8.33. The smallest absolute Gasteiger partial charge is 0.00984 e. The molecule has 0 spiro atoms. The largest absolute Gasteiger partial charge is 0.330 e. The first-order valence-corrected chi connectivity index (χ1v) is 5.66. The molecule has 1 atom stereocenters. The van der Waals surface area contributed by atoms with Crippen LogP contribution in [-0.2, 0) is 0 Å². The van der Waals surface area contributed by atoms with Crippen LogP contribution in [0, 0.1) is 5.41 Å². The van der Waals surface area contributed by atoms with Crippen molar-refractivity contribution in [2.24, 2.45) is 11.1 Å². The van der Waals surface area contributed by atoms with Crippen molar-refractivity contribution in [1.29, 1.82) is 0 Å². The maximum atomic E-state index is 5.87. The van der Waals surface area contributed by atoms with Gasteiger partial charge >= 0.3 is 0 Å². The first kappa shape index (κ1) is 9.47. The van der Waals surface area contributed by atoms with E-state index in [1.165, 1.54) is 45.1 Å². The third-order valence-corrected chi connectivity index (χ3v) is 4.19. The summed E-state index contributed by atoms with van der Waals surface area (Å²) in [6, 6.07) is 0.837. The van der Waals surface area contributed by atoms with E-state index in [0.717, 1.165) is 12.6 Å². The number of hydrogen-bond donors (Lipinski definition) is 1. The van der Waals surface area contributed by atoms with E-state index < -0.39 is 0 Å². The van der Waals surface area contributed by atoms with E-state index in [1.807, 2.05) is 0 Å². The quantitative estimate of drug-likeness (QED) is 0.718. The van der Waals surface area contributed by atoms with E-state index in [1.54, 1.807) is 0 Å².